The molecule has 0 aromatic heterocycles. The van der Waals surface area contributed by atoms with Crippen molar-refractivity contribution in [2.75, 3.05) is 18.0 Å². The predicted octanol–water partition coefficient (Wildman–Crippen LogP) is -0.0561. The van der Waals surface area contributed by atoms with Crippen LogP contribution in [0.3, 0.4) is 0 Å². The minimum Gasteiger partial charge on any atom is -0.370 e. The van der Waals surface area contributed by atoms with Gasteiger partial charge >= 0.3 is 0 Å². The Hall–Kier alpha value is -2.20. The Morgan fingerprint density at radius 3 is 2.64 bits per heavy atom. The first-order chi connectivity index (χ1) is 10.2. The van der Waals surface area contributed by atoms with Crippen LogP contribution in [0.5, 0.6) is 0 Å². The first-order valence-corrected chi connectivity index (χ1v) is 8.10. The molecular formula is C12H16N4O5S. The Morgan fingerprint density at radius 2 is 2.09 bits per heavy atom. The van der Waals surface area contributed by atoms with E-state index in [9.17, 15) is 23.3 Å². The summed E-state index contributed by atoms with van der Waals surface area (Å²) in [5.74, 6) is -0.846. The van der Waals surface area contributed by atoms with Gasteiger partial charge < -0.3 is 10.6 Å². The molecule has 9 nitrogen and oxygen atoms in total. The molecule has 1 unspecified atom stereocenters. The van der Waals surface area contributed by atoms with E-state index in [2.05, 4.69) is 0 Å². The summed E-state index contributed by atoms with van der Waals surface area (Å²) in [6.45, 7) is 0.778. The van der Waals surface area contributed by atoms with Crippen molar-refractivity contribution in [1.82, 2.24) is 0 Å². The Labute approximate surface area is 127 Å². The first-order valence-electron chi connectivity index (χ1n) is 6.55. The summed E-state index contributed by atoms with van der Waals surface area (Å²) >= 11 is 0. The van der Waals surface area contributed by atoms with E-state index in [1.165, 1.54) is 12.1 Å². The van der Waals surface area contributed by atoms with Gasteiger partial charge in [0.1, 0.15) is 4.90 Å². The van der Waals surface area contributed by atoms with E-state index < -0.39 is 26.8 Å². The van der Waals surface area contributed by atoms with Crippen molar-refractivity contribution in [3.63, 3.8) is 0 Å². The molecule has 2 rings (SSSR count). The van der Waals surface area contributed by atoms with E-state index in [0.29, 0.717) is 19.4 Å². The van der Waals surface area contributed by atoms with E-state index in [0.717, 1.165) is 6.07 Å². The molecule has 0 spiro atoms. The van der Waals surface area contributed by atoms with Gasteiger partial charge in [0.05, 0.1) is 16.5 Å². The minimum atomic E-state index is -4.14. The fourth-order valence-corrected chi connectivity index (χ4v) is 3.31. The highest BCUT2D eigenvalue weighted by Crippen LogP contribution is 2.31. The van der Waals surface area contributed by atoms with Crippen LogP contribution in [-0.4, -0.2) is 32.3 Å². The van der Waals surface area contributed by atoms with Crippen molar-refractivity contribution >= 4 is 27.3 Å². The number of carbonyl (C=O) groups is 1. The second-order valence-corrected chi connectivity index (χ2v) is 6.67. The molecule has 22 heavy (non-hydrogen) atoms. The summed E-state index contributed by atoms with van der Waals surface area (Å²) in [6.07, 6.45) is 1.29. The van der Waals surface area contributed by atoms with Gasteiger partial charge in [-0.1, -0.05) is 0 Å². The highest BCUT2D eigenvalue weighted by atomic mass is 32.2. The van der Waals surface area contributed by atoms with Crippen molar-refractivity contribution in [2.45, 2.75) is 17.7 Å². The lowest BCUT2D eigenvalue weighted by atomic mass is 9.97. The van der Waals surface area contributed by atoms with Crippen LogP contribution in [0.2, 0.25) is 0 Å². The maximum Gasteiger partial charge on any atom is 0.270 e. The number of sulfonamides is 1. The zero-order valence-corrected chi connectivity index (χ0v) is 12.5. The molecule has 4 N–H and O–H groups in total. The number of nitro groups is 1. The number of nitrogens with zero attached hydrogens (tertiary/aromatic N) is 2. The zero-order chi connectivity index (χ0) is 16.5. The molecule has 10 heteroatoms. The molecule has 120 valence electrons. The fourth-order valence-electron chi connectivity index (χ4n) is 2.53. The van der Waals surface area contributed by atoms with Crippen LogP contribution >= 0.6 is 0 Å². The SMILES string of the molecule is NC(=O)C1CCCN(c2ccc([N+](=O)[O-])cc2S(N)(=O)=O)C1. The number of hydrogen-bond donors (Lipinski definition) is 2. The van der Waals surface area contributed by atoms with Crippen molar-refractivity contribution in [3.05, 3.63) is 28.3 Å². The summed E-state index contributed by atoms with van der Waals surface area (Å²) in [5.41, 5.74) is 5.18. The van der Waals surface area contributed by atoms with E-state index in [1.807, 2.05) is 0 Å². The molecule has 1 atom stereocenters. The standard InChI is InChI=1S/C12H16N4O5S/c13-12(17)8-2-1-5-15(7-8)10-4-3-9(16(18)19)6-11(10)22(14,20)21/h3-4,6,8H,1-2,5,7H2,(H2,13,17)(H2,14,20,21). The average molecular weight is 328 g/mol. The molecule has 0 radical (unpaired) electrons. The summed E-state index contributed by atoms with van der Waals surface area (Å²) in [6, 6.07) is 3.47. The van der Waals surface area contributed by atoms with Gasteiger partial charge in [-0.15, -0.1) is 0 Å². The average Bonchev–Trinajstić information content (AvgIpc) is 2.45. The second kappa shape index (κ2) is 5.89. The highest BCUT2D eigenvalue weighted by Gasteiger charge is 2.28. The normalized spacial score (nSPS) is 19.0. The van der Waals surface area contributed by atoms with Crippen LogP contribution in [0, 0.1) is 16.0 Å². The molecule has 1 aromatic rings. The third-order valence-electron chi connectivity index (χ3n) is 3.63. The van der Waals surface area contributed by atoms with E-state index >= 15 is 0 Å². The van der Waals surface area contributed by atoms with Crippen molar-refractivity contribution < 1.29 is 18.1 Å². The smallest absolute Gasteiger partial charge is 0.270 e. The third-order valence-corrected chi connectivity index (χ3v) is 4.57. The summed E-state index contributed by atoms with van der Waals surface area (Å²) in [7, 11) is -4.14. The maximum atomic E-state index is 11.7. The van der Waals surface area contributed by atoms with Gasteiger partial charge in [-0.05, 0) is 18.9 Å². The predicted molar refractivity (Wildman–Crippen MR) is 78.6 cm³/mol. The van der Waals surface area contributed by atoms with Gasteiger partial charge in [-0.3, -0.25) is 14.9 Å². The number of hydrogen-bond acceptors (Lipinski definition) is 6. The molecular weight excluding hydrogens is 312 g/mol. The minimum absolute atomic E-state index is 0.249. The van der Waals surface area contributed by atoms with E-state index in [-0.39, 0.29) is 22.8 Å². The van der Waals surface area contributed by atoms with Crippen molar-refractivity contribution in [1.29, 1.82) is 0 Å². The summed E-state index contributed by atoms with van der Waals surface area (Å²) < 4.78 is 23.4. The number of carbonyl (C=O) groups excluding carboxylic acids is 1. The number of amides is 1. The van der Waals surface area contributed by atoms with Gasteiger partial charge in [0, 0.05) is 25.2 Å². The highest BCUT2D eigenvalue weighted by molar-refractivity contribution is 7.89. The van der Waals surface area contributed by atoms with Crippen LogP contribution in [-0.2, 0) is 14.8 Å². The van der Waals surface area contributed by atoms with Gasteiger partial charge in [0.2, 0.25) is 15.9 Å². The number of primary amides is 1. The number of nitrogens with two attached hydrogens (primary N) is 2. The maximum absolute atomic E-state index is 11.7. The van der Waals surface area contributed by atoms with E-state index in [1.54, 1.807) is 4.90 Å². The number of nitro benzene ring substituents is 1. The molecule has 1 aliphatic rings. The lowest BCUT2D eigenvalue weighted by molar-refractivity contribution is -0.385. The largest absolute Gasteiger partial charge is 0.370 e. The van der Waals surface area contributed by atoms with Crippen molar-refractivity contribution in [3.8, 4) is 0 Å². The number of benzene rings is 1. The number of rotatable bonds is 4. The molecule has 0 saturated carbocycles. The van der Waals surface area contributed by atoms with Gasteiger partial charge in [0.25, 0.3) is 5.69 Å². The van der Waals surface area contributed by atoms with Crippen LogP contribution in [0.1, 0.15) is 12.8 Å². The molecule has 0 bridgehead atoms. The number of primary sulfonamides is 1. The Bertz CT molecular complexity index is 718. The van der Waals surface area contributed by atoms with E-state index in [4.69, 9.17) is 10.9 Å². The number of anilines is 1. The monoisotopic (exact) mass is 328 g/mol. The quantitative estimate of drug-likeness (QED) is 0.584. The topological polar surface area (TPSA) is 150 Å². The van der Waals surface area contributed by atoms with Crippen LogP contribution in [0.25, 0.3) is 0 Å². The zero-order valence-electron chi connectivity index (χ0n) is 11.6. The molecule has 1 aliphatic heterocycles. The molecule has 1 saturated heterocycles. The molecule has 1 amide bonds. The molecule has 1 heterocycles. The molecule has 1 fully saturated rings. The van der Waals surface area contributed by atoms with Crippen LogP contribution in [0.15, 0.2) is 23.1 Å². The Morgan fingerprint density at radius 1 is 1.41 bits per heavy atom. The summed E-state index contributed by atoms with van der Waals surface area (Å²) in [4.78, 5) is 22.8. The molecule has 0 aliphatic carbocycles. The lowest BCUT2D eigenvalue weighted by Crippen LogP contribution is -2.41. The second-order valence-electron chi connectivity index (χ2n) is 5.14. The van der Waals surface area contributed by atoms with Gasteiger partial charge in [-0.25, -0.2) is 13.6 Å². The van der Waals surface area contributed by atoms with Gasteiger partial charge in [0.15, 0.2) is 0 Å². The van der Waals surface area contributed by atoms with Crippen LogP contribution < -0.4 is 15.8 Å². The Balaban J connectivity index is 2.46. The van der Waals surface area contributed by atoms with Crippen LogP contribution in [0.4, 0.5) is 11.4 Å². The van der Waals surface area contributed by atoms with Crippen molar-refractivity contribution in [2.24, 2.45) is 16.8 Å². The third kappa shape index (κ3) is 3.34. The lowest BCUT2D eigenvalue weighted by Gasteiger charge is -2.33. The van der Waals surface area contributed by atoms with Gasteiger partial charge in [-0.2, -0.15) is 0 Å². The molecule has 1 aromatic carbocycles. The number of non-ortho nitro benzene ring substituents is 1. The first kappa shape index (κ1) is 16.2. The fraction of sp³-hybridized carbons (Fsp3) is 0.417. The summed E-state index contributed by atoms with van der Waals surface area (Å²) in [5, 5.41) is 16.0. The Kier molecular flexibility index (Phi) is 4.33. The number of piperidine rings is 1.